The zero-order valence-electron chi connectivity index (χ0n) is 10.8. The Bertz CT molecular complexity index is 701. The van der Waals surface area contributed by atoms with Crippen LogP contribution in [-0.2, 0) is 6.54 Å². The predicted octanol–water partition coefficient (Wildman–Crippen LogP) is 2.59. The fraction of sp³-hybridized carbons (Fsp3) is 0.0667. The first-order valence-corrected chi connectivity index (χ1v) is 6.03. The van der Waals surface area contributed by atoms with Crippen molar-refractivity contribution in [3.05, 3.63) is 70.8 Å². The van der Waals surface area contributed by atoms with E-state index in [4.69, 9.17) is 5.11 Å². The van der Waals surface area contributed by atoms with E-state index >= 15 is 0 Å². The molecule has 2 rings (SSSR count). The normalized spacial score (nSPS) is 10.2. The summed E-state index contributed by atoms with van der Waals surface area (Å²) in [5, 5.41) is 11.3. The summed E-state index contributed by atoms with van der Waals surface area (Å²) < 4.78 is 26.5. The Hall–Kier alpha value is -2.76. The molecule has 0 aliphatic rings. The number of carbonyl (C=O) groups is 2. The minimum absolute atomic E-state index is 0.00983. The van der Waals surface area contributed by atoms with Crippen molar-refractivity contribution < 1.29 is 23.5 Å². The summed E-state index contributed by atoms with van der Waals surface area (Å²) in [5.74, 6) is -4.17. The number of amides is 1. The van der Waals surface area contributed by atoms with E-state index in [1.165, 1.54) is 30.3 Å². The number of aromatic carboxylic acids is 1. The van der Waals surface area contributed by atoms with E-state index in [9.17, 15) is 18.4 Å². The molecule has 0 aliphatic heterocycles. The lowest BCUT2D eigenvalue weighted by molar-refractivity contribution is 0.0696. The molecule has 0 bridgehead atoms. The number of hydrogen-bond donors (Lipinski definition) is 2. The summed E-state index contributed by atoms with van der Waals surface area (Å²) in [7, 11) is 0. The maximum Gasteiger partial charge on any atom is 0.335 e. The second-order valence-electron chi connectivity index (χ2n) is 4.29. The largest absolute Gasteiger partial charge is 0.478 e. The average molecular weight is 291 g/mol. The van der Waals surface area contributed by atoms with Crippen LogP contribution < -0.4 is 5.32 Å². The minimum Gasteiger partial charge on any atom is -0.478 e. The van der Waals surface area contributed by atoms with Crippen molar-refractivity contribution in [2.45, 2.75) is 6.54 Å². The van der Waals surface area contributed by atoms with Crippen LogP contribution in [0, 0.1) is 11.6 Å². The highest BCUT2D eigenvalue weighted by atomic mass is 19.2. The summed E-state index contributed by atoms with van der Waals surface area (Å²) in [6.45, 7) is 0.00983. The standard InChI is InChI=1S/C15H11F2NO3/c16-12-6-2-5-11(13(12)17)14(19)18-8-9-3-1-4-10(7-9)15(20)21/h1-7H,8H2,(H,18,19)(H,20,21). The monoisotopic (exact) mass is 291 g/mol. The van der Waals surface area contributed by atoms with Gasteiger partial charge >= 0.3 is 5.97 Å². The molecular formula is C15H11F2NO3. The van der Waals surface area contributed by atoms with Crippen molar-refractivity contribution in [2.24, 2.45) is 0 Å². The van der Waals surface area contributed by atoms with E-state index in [0.717, 1.165) is 6.07 Å². The van der Waals surface area contributed by atoms with Gasteiger partial charge in [-0.3, -0.25) is 4.79 Å². The van der Waals surface area contributed by atoms with Gasteiger partial charge < -0.3 is 10.4 Å². The number of carboxylic acids is 1. The van der Waals surface area contributed by atoms with E-state index in [1.54, 1.807) is 6.07 Å². The lowest BCUT2D eigenvalue weighted by atomic mass is 10.1. The molecule has 2 aromatic rings. The molecule has 0 radical (unpaired) electrons. The zero-order valence-corrected chi connectivity index (χ0v) is 10.8. The summed E-state index contributed by atoms with van der Waals surface area (Å²) >= 11 is 0. The van der Waals surface area contributed by atoms with Crippen molar-refractivity contribution in [2.75, 3.05) is 0 Å². The number of hydrogen-bond acceptors (Lipinski definition) is 2. The van der Waals surface area contributed by atoms with Crippen molar-refractivity contribution in [1.82, 2.24) is 5.32 Å². The lowest BCUT2D eigenvalue weighted by Crippen LogP contribution is -2.24. The van der Waals surface area contributed by atoms with Crippen LogP contribution in [0.3, 0.4) is 0 Å². The second kappa shape index (κ2) is 6.13. The van der Waals surface area contributed by atoms with Crippen LogP contribution in [0.5, 0.6) is 0 Å². The highest BCUT2D eigenvalue weighted by molar-refractivity contribution is 5.94. The molecule has 2 N–H and O–H groups in total. The molecule has 0 aliphatic carbocycles. The van der Waals surface area contributed by atoms with Crippen molar-refractivity contribution in [3.8, 4) is 0 Å². The molecule has 1 amide bonds. The van der Waals surface area contributed by atoms with Crippen LogP contribution in [0.1, 0.15) is 26.3 Å². The van der Waals surface area contributed by atoms with Gasteiger partial charge in [0.2, 0.25) is 0 Å². The molecule has 0 aromatic heterocycles. The van der Waals surface area contributed by atoms with Crippen molar-refractivity contribution in [3.63, 3.8) is 0 Å². The number of carbonyl (C=O) groups excluding carboxylic acids is 1. The van der Waals surface area contributed by atoms with Gasteiger partial charge in [-0.05, 0) is 29.8 Å². The molecule has 4 nitrogen and oxygen atoms in total. The Balaban J connectivity index is 2.09. The molecule has 0 saturated heterocycles. The van der Waals surface area contributed by atoms with Gasteiger partial charge in [0.25, 0.3) is 5.91 Å². The van der Waals surface area contributed by atoms with Crippen molar-refractivity contribution >= 4 is 11.9 Å². The molecule has 0 fully saturated rings. The van der Waals surface area contributed by atoms with E-state index in [2.05, 4.69) is 5.32 Å². The summed E-state index contributed by atoms with van der Waals surface area (Å²) in [6, 6.07) is 9.29. The van der Waals surface area contributed by atoms with Gasteiger partial charge in [0.05, 0.1) is 11.1 Å². The molecule has 0 saturated carbocycles. The van der Waals surface area contributed by atoms with Crippen molar-refractivity contribution in [1.29, 1.82) is 0 Å². The number of carboxylic acid groups (broad SMARTS) is 1. The number of halogens is 2. The van der Waals surface area contributed by atoms with Gasteiger partial charge in [-0.25, -0.2) is 13.6 Å². The van der Waals surface area contributed by atoms with Gasteiger partial charge in [-0.1, -0.05) is 18.2 Å². The Kier molecular flexibility index (Phi) is 4.27. The zero-order chi connectivity index (χ0) is 15.4. The van der Waals surface area contributed by atoms with E-state index in [1.807, 2.05) is 0 Å². The van der Waals surface area contributed by atoms with Crippen LogP contribution >= 0.6 is 0 Å². The Morgan fingerprint density at radius 3 is 2.52 bits per heavy atom. The van der Waals surface area contributed by atoms with Crippen LogP contribution in [0.15, 0.2) is 42.5 Å². The SMILES string of the molecule is O=C(O)c1cccc(CNC(=O)c2cccc(F)c2F)c1. The number of rotatable bonds is 4. The molecule has 0 heterocycles. The molecular weight excluding hydrogens is 280 g/mol. The second-order valence-corrected chi connectivity index (χ2v) is 4.29. The molecule has 21 heavy (non-hydrogen) atoms. The van der Waals surface area contributed by atoms with Gasteiger partial charge in [-0.2, -0.15) is 0 Å². The van der Waals surface area contributed by atoms with Crippen LogP contribution in [0.2, 0.25) is 0 Å². The maximum atomic E-state index is 13.4. The average Bonchev–Trinajstić information content (AvgIpc) is 2.48. The van der Waals surface area contributed by atoms with Gasteiger partial charge in [0.15, 0.2) is 11.6 Å². The molecule has 0 spiro atoms. The minimum atomic E-state index is -1.21. The first kappa shape index (κ1) is 14.6. The van der Waals surface area contributed by atoms with Crippen LogP contribution in [0.4, 0.5) is 8.78 Å². The smallest absolute Gasteiger partial charge is 0.335 e. The molecule has 2 aromatic carbocycles. The highest BCUT2D eigenvalue weighted by Crippen LogP contribution is 2.11. The van der Waals surface area contributed by atoms with Gasteiger partial charge in [0, 0.05) is 6.54 Å². The molecule has 6 heteroatoms. The number of benzene rings is 2. The predicted molar refractivity (Wildman–Crippen MR) is 70.9 cm³/mol. The first-order valence-electron chi connectivity index (χ1n) is 6.03. The quantitative estimate of drug-likeness (QED) is 0.910. The molecule has 0 unspecified atom stereocenters. The van der Waals surface area contributed by atoms with E-state index < -0.39 is 29.1 Å². The van der Waals surface area contributed by atoms with Gasteiger partial charge in [0.1, 0.15) is 0 Å². The van der Waals surface area contributed by atoms with E-state index in [-0.39, 0.29) is 12.1 Å². The third kappa shape index (κ3) is 3.42. The summed E-state index contributed by atoms with van der Waals surface area (Å²) in [6.07, 6.45) is 0. The van der Waals surface area contributed by atoms with E-state index in [0.29, 0.717) is 5.56 Å². The fourth-order valence-electron chi connectivity index (χ4n) is 1.77. The topological polar surface area (TPSA) is 66.4 Å². The number of nitrogens with one attached hydrogen (secondary N) is 1. The first-order chi connectivity index (χ1) is 9.99. The third-order valence-electron chi connectivity index (χ3n) is 2.82. The highest BCUT2D eigenvalue weighted by Gasteiger charge is 2.14. The summed E-state index contributed by atoms with van der Waals surface area (Å²) in [5.41, 5.74) is 0.225. The third-order valence-corrected chi connectivity index (χ3v) is 2.82. The van der Waals surface area contributed by atoms with Gasteiger partial charge in [-0.15, -0.1) is 0 Å². The fourth-order valence-corrected chi connectivity index (χ4v) is 1.77. The molecule has 108 valence electrons. The maximum absolute atomic E-state index is 13.4. The Labute approximate surface area is 119 Å². The Morgan fingerprint density at radius 1 is 1.10 bits per heavy atom. The van der Waals surface area contributed by atoms with Crippen LogP contribution in [-0.4, -0.2) is 17.0 Å². The lowest BCUT2D eigenvalue weighted by Gasteiger charge is -2.07. The Morgan fingerprint density at radius 2 is 1.81 bits per heavy atom. The summed E-state index contributed by atoms with van der Waals surface area (Å²) in [4.78, 5) is 22.6. The van der Waals surface area contributed by atoms with Crippen LogP contribution in [0.25, 0.3) is 0 Å². The molecule has 0 atom stereocenters.